The topological polar surface area (TPSA) is 46.1 Å². The standard InChI is InChI=1S/C22H18FN3OS/c1-15-4-6-16(7-5-15)11-21(27)26(14-17-3-2-10-24-13-17)22-25-19-9-8-18(23)12-20(19)28-22/h2-10,12-13H,11,14H2,1H3. The van der Waals surface area contributed by atoms with E-state index in [2.05, 4.69) is 9.97 Å². The second-order valence-corrected chi connectivity index (χ2v) is 7.62. The number of hydrogen-bond donors (Lipinski definition) is 0. The summed E-state index contributed by atoms with van der Waals surface area (Å²) in [4.78, 5) is 23.5. The molecule has 0 aliphatic rings. The number of halogens is 1. The Morgan fingerprint density at radius 1 is 1.11 bits per heavy atom. The van der Waals surface area contributed by atoms with Crippen molar-refractivity contribution in [1.82, 2.24) is 9.97 Å². The van der Waals surface area contributed by atoms with Crippen LogP contribution >= 0.6 is 11.3 Å². The number of benzene rings is 2. The van der Waals surface area contributed by atoms with E-state index in [1.165, 1.54) is 23.5 Å². The summed E-state index contributed by atoms with van der Waals surface area (Å²) in [6, 6.07) is 16.1. The Labute approximate surface area is 166 Å². The number of thiazole rings is 1. The minimum absolute atomic E-state index is 0.0627. The van der Waals surface area contributed by atoms with Gasteiger partial charge in [-0.2, -0.15) is 0 Å². The summed E-state index contributed by atoms with van der Waals surface area (Å²) in [7, 11) is 0. The minimum atomic E-state index is -0.313. The molecule has 0 atom stereocenters. The highest BCUT2D eigenvalue weighted by atomic mass is 32.1. The van der Waals surface area contributed by atoms with Crippen molar-refractivity contribution in [1.29, 1.82) is 0 Å². The van der Waals surface area contributed by atoms with Crippen LogP contribution in [0.2, 0.25) is 0 Å². The molecule has 4 nitrogen and oxygen atoms in total. The highest BCUT2D eigenvalue weighted by molar-refractivity contribution is 7.22. The monoisotopic (exact) mass is 391 g/mol. The smallest absolute Gasteiger partial charge is 0.233 e. The Balaban J connectivity index is 1.67. The minimum Gasteiger partial charge on any atom is -0.283 e. The van der Waals surface area contributed by atoms with Crippen LogP contribution in [0.5, 0.6) is 0 Å². The van der Waals surface area contributed by atoms with Gasteiger partial charge in [-0.25, -0.2) is 9.37 Å². The van der Waals surface area contributed by atoms with Gasteiger partial charge in [-0.1, -0.05) is 47.2 Å². The maximum atomic E-state index is 13.6. The second kappa shape index (κ2) is 7.86. The Morgan fingerprint density at radius 2 is 1.93 bits per heavy atom. The zero-order valence-corrected chi connectivity index (χ0v) is 16.1. The highest BCUT2D eigenvalue weighted by Crippen LogP contribution is 2.30. The number of aromatic nitrogens is 2. The fourth-order valence-corrected chi connectivity index (χ4v) is 3.92. The molecule has 0 unspecified atom stereocenters. The van der Waals surface area contributed by atoms with Gasteiger partial charge in [0, 0.05) is 12.4 Å². The van der Waals surface area contributed by atoms with Crippen molar-refractivity contribution in [2.24, 2.45) is 0 Å². The zero-order valence-electron chi connectivity index (χ0n) is 15.3. The average Bonchev–Trinajstić information content (AvgIpc) is 3.11. The molecule has 140 valence electrons. The molecule has 0 saturated carbocycles. The number of nitrogens with zero attached hydrogens (tertiary/aromatic N) is 3. The van der Waals surface area contributed by atoms with Gasteiger partial charge in [-0.05, 0) is 42.3 Å². The highest BCUT2D eigenvalue weighted by Gasteiger charge is 2.21. The maximum absolute atomic E-state index is 13.6. The fourth-order valence-electron chi connectivity index (χ4n) is 2.91. The van der Waals surface area contributed by atoms with E-state index in [1.54, 1.807) is 23.4 Å². The van der Waals surface area contributed by atoms with Crippen molar-refractivity contribution in [3.63, 3.8) is 0 Å². The molecule has 6 heteroatoms. The maximum Gasteiger partial charge on any atom is 0.233 e. The molecule has 0 bridgehead atoms. The first-order chi connectivity index (χ1) is 13.6. The lowest BCUT2D eigenvalue weighted by Gasteiger charge is -2.20. The lowest BCUT2D eigenvalue weighted by molar-refractivity contribution is -0.118. The van der Waals surface area contributed by atoms with Gasteiger partial charge in [-0.15, -0.1) is 0 Å². The summed E-state index contributed by atoms with van der Waals surface area (Å²) in [6.45, 7) is 2.38. The molecule has 0 aliphatic heterocycles. The Hall–Kier alpha value is -3.12. The molecule has 0 fully saturated rings. The number of carbonyl (C=O) groups is 1. The number of hydrogen-bond acceptors (Lipinski definition) is 4. The molecule has 0 aliphatic carbocycles. The van der Waals surface area contributed by atoms with Crippen LogP contribution < -0.4 is 4.90 Å². The molecule has 28 heavy (non-hydrogen) atoms. The number of aryl methyl sites for hydroxylation is 1. The molecule has 0 saturated heterocycles. The van der Waals surface area contributed by atoms with E-state index in [9.17, 15) is 9.18 Å². The first kappa shape index (κ1) is 18.3. The van der Waals surface area contributed by atoms with Gasteiger partial charge < -0.3 is 0 Å². The van der Waals surface area contributed by atoms with Gasteiger partial charge in [0.15, 0.2) is 5.13 Å². The Bertz CT molecular complexity index is 1110. The van der Waals surface area contributed by atoms with E-state index in [1.807, 2.05) is 43.3 Å². The van der Waals surface area contributed by atoms with E-state index in [0.29, 0.717) is 21.9 Å². The summed E-state index contributed by atoms with van der Waals surface area (Å²) in [5, 5.41) is 0.557. The molecule has 0 N–H and O–H groups in total. The van der Waals surface area contributed by atoms with Gasteiger partial charge >= 0.3 is 0 Å². The summed E-state index contributed by atoms with van der Waals surface area (Å²) in [6.07, 6.45) is 3.70. The van der Waals surface area contributed by atoms with Gasteiger partial charge in [0.2, 0.25) is 5.91 Å². The molecule has 0 radical (unpaired) electrons. The number of rotatable bonds is 5. The molecular weight excluding hydrogens is 373 g/mol. The van der Waals surface area contributed by atoms with Crippen molar-refractivity contribution in [2.75, 3.05) is 4.90 Å². The molecular formula is C22H18FN3OS. The molecule has 1 amide bonds. The van der Waals surface area contributed by atoms with Crippen molar-refractivity contribution in [3.05, 3.63) is 89.5 Å². The first-order valence-corrected chi connectivity index (χ1v) is 9.71. The van der Waals surface area contributed by atoms with E-state index < -0.39 is 0 Å². The molecule has 4 rings (SSSR count). The van der Waals surface area contributed by atoms with Crippen LogP contribution in [0.1, 0.15) is 16.7 Å². The van der Waals surface area contributed by atoms with Crippen LogP contribution in [0.25, 0.3) is 10.2 Å². The summed E-state index contributed by atoms with van der Waals surface area (Å²) in [5.41, 5.74) is 3.68. The number of anilines is 1. The zero-order chi connectivity index (χ0) is 19.5. The van der Waals surface area contributed by atoms with Gasteiger partial charge in [-0.3, -0.25) is 14.7 Å². The summed E-state index contributed by atoms with van der Waals surface area (Å²) < 4.78 is 14.3. The number of amides is 1. The van der Waals surface area contributed by atoms with Crippen molar-refractivity contribution in [3.8, 4) is 0 Å². The molecule has 2 heterocycles. The van der Waals surface area contributed by atoms with Gasteiger partial charge in [0.1, 0.15) is 5.82 Å². The predicted molar refractivity (Wildman–Crippen MR) is 110 cm³/mol. The summed E-state index contributed by atoms with van der Waals surface area (Å²) >= 11 is 1.31. The number of carbonyl (C=O) groups excluding carboxylic acids is 1. The fraction of sp³-hybridized carbons (Fsp3) is 0.136. The third kappa shape index (κ3) is 4.07. The largest absolute Gasteiger partial charge is 0.283 e. The van der Waals surface area contributed by atoms with Crippen LogP contribution in [-0.4, -0.2) is 15.9 Å². The second-order valence-electron chi connectivity index (χ2n) is 6.61. The SMILES string of the molecule is Cc1ccc(CC(=O)N(Cc2cccnc2)c2nc3ccc(F)cc3s2)cc1. The first-order valence-electron chi connectivity index (χ1n) is 8.89. The number of fused-ring (bicyclic) bond motifs is 1. The average molecular weight is 391 g/mol. The molecule has 4 aromatic rings. The van der Waals surface area contributed by atoms with Crippen molar-refractivity contribution >= 4 is 32.6 Å². The van der Waals surface area contributed by atoms with Crippen LogP contribution in [-0.2, 0) is 17.8 Å². The Kier molecular flexibility index (Phi) is 5.12. The lowest BCUT2D eigenvalue weighted by Crippen LogP contribution is -2.31. The third-order valence-electron chi connectivity index (χ3n) is 4.41. The van der Waals surface area contributed by atoms with Crippen LogP contribution in [0.4, 0.5) is 9.52 Å². The van der Waals surface area contributed by atoms with E-state index in [-0.39, 0.29) is 18.1 Å². The normalized spacial score (nSPS) is 10.9. The van der Waals surface area contributed by atoms with Crippen LogP contribution in [0, 0.1) is 12.7 Å². The van der Waals surface area contributed by atoms with E-state index >= 15 is 0 Å². The van der Waals surface area contributed by atoms with Crippen LogP contribution in [0.15, 0.2) is 67.0 Å². The van der Waals surface area contributed by atoms with E-state index in [0.717, 1.165) is 16.7 Å². The quantitative estimate of drug-likeness (QED) is 0.485. The van der Waals surface area contributed by atoms with Crippen molar-refractivity contribution in [2.45, 2.75) is 19.9 Å². The molecule has 0 spiro atoms. The third-order valence-corrected chi connectivity index (χ3v) is 5.45. The van der Waals surface area contributed by atoms with Gasteiger partial charge in [0.05, 0.1) is 23.2 Å². The Morgan fingerprint density at radius 3 is 2.68 bits per heavy atom. The lowest BCUT2D eigenvalue weighted by atomic mass is 10.1. The van der Waals surface area contributed by atoms with Crippen molar-refractivity contribution < 1.29 is 9.18 Å². The van der Waals surface area contributed by atoms with Crippen LogP contribution in [0.3, 0.4) is 0 Å². The molecule has 2 aromatic heterocycles. The number of pyridine rings is 1. The summed E-state index contributed by atoms with van der Waals surface area (Å²) in [5.74, 6) is -0.375. The van der Waals surface area contributed by atoms with Gasteiger partial charge in [0.25, 0.3) is 0 Å². The van der Waals surface area contributed by atoms with E-state index in [4.69, 9.17) is 0 Å². The predicted octanol–water partition coefficient (Wildman–Crippen LogP) is 4.91. The molecule has 2 aromatic carbocycles.